The Morgan fingerprint density at radius 2 is 1.92 bits per heavy atom. The first-order valence-corrected chi connectivity index (χ1v) is 5.13. The molecule has 67 valence electrons. The van der Waals surface area contributed by atoms with Gasteiger partial charge in [-0.3, -0.25) is 0 Å². The van der Waals surface area contributed by atoms with Crippen molar-refractivity contribution in [2.75, 3.05) is 0 Å². The Morgan fingerprint density at radius 3 is 2.31 bits per heavy atom. The zero-order chi connectivity index (χ0) is 9.35. The molecule has 0 aromatic heterocycles. The van der Waals surface area contributed by atoms with Crippen molar-refractivity contribution in [3.05, 3.63) is 28.8 Å². The first kappa shape index (κ1) is 13.4. The number of rotatable bonds is 1. The van der Waals surface area contributed by atoms with E-state index in [1.54, 1.807) is 19.1 Å². The van der Waals surface area contributed by atoms with E-state index in [-0.39, 0.29) is 34.5 Å². The first-order chi connectivity index (χ1) is 5.43. The van der Waals surface area contributed by atoms with E-state index in [1.807, 2.05) is 0 Å². The smallest absolute Gasteiger partial charge is 0.225 e. The molecule has 2 N–H and O–H groups in total. The molecule has 0 heterocycles. The molecule has 0 amide bonds. The molecule has 0 atom stereocenters. The third kappa shape index (κ3) is 3.23. The van der Waals surface area contributed by atoms with Gasteiger partial charge in [0.05, 0.1) is 4.90 Å². The number of sulfonamides is 1. The van der Waals surface area contributed by atoms with E-state index in [9.17, 15) is 8.42 Å². The molecule has 1 rings (SSSR count). The maximum absolute atomic E-state index is 10.9. The van der Waals surface area contributed by atoms with E-state index in [4.69, 9.17) is 16.7 Å². The van der Waals surface area contributed by atoms with Crippen molar-refractivity contribution in [2.45, 2.75) is 11.8 Å². The zero-order valence-corrected chi connectivity index (χ0v) is 11.0. The van der Waals surface area contributed by atoms with Crippen LogP contribution in [0.1, 0.15) is 5.56 Å². The molecule has 0 bridgehead atoms. The molecular weight excluding hydrogens is 221 g/mol. The van der Waals surface area contributed by atoms with Gasteiger partial charge in [-0.25, -0.2) is 13.6 Å². The molecule has 3 nitrogen and oxygen atoms in total. The molecule has 6 heteroatoms. The summed E-state index contributed by atoms with van der Waals surface area (Å²) in [6.07, 6.45) is 0. The Morgan fingerprint density at radius 1 is 1.38 bits per heavy atom. The summed E-state index contributed by atoms with van der Waals surface area (Å²) in [7, 11) is -3.64. The summed E-state index contributed by atoms with van der Waals surface area (Å²) in [5.74, 6) is 0. The standard InChI is InChI=1S/C7H8ClNO2S.Na/c1-5-6(8)3-2-4-7(5)12(9,10)11;/h2-4H,1H3,(H2,9,10,11);. The van der Waals surface area contributed by atoms with Crippen LogP contribution in [-0.2, 0) is 10.0 Å². The summed E-state index contributed by atoms with van der Waals surface area (Å²) in [6.45, 7) is 1.61. The Kier molecular flexibility index (Phi) is 4.93. The minimum Gasteiger partial charge on any atom is -0.225 e. The van der Waals surface area contributed by atoms with Crippen LogP contribution in [0.25, 0.3) is 0 Å². The third-order valence-corrected chi connectivity index (χ3v) is 2.99. The average molecular weight is 229 g/mol. The van der Waals surface area contributed by atoms with Crippen LogP contribution in [0.15, 0.2) is 23.1 Å². The number of benzene rings is 1. The van der Waals surface area contributed by atoms with Gasteiger partial charge >= 0.3 is 0 Å². The van der Waals surface area contributed by atoms with E-state index in [0.717, 1.165) is 0 Å². The first-order valence-electron chi connectivity index (χ1n) is 3.21. The van der Waals surface area contributed by atoms with Crippen molar-refractivity contribution < 1.29 is 8.42 Å². The largest absolute Gasteiger partial charge is 0.238 e. The number of hydrogen-bond donors (Lipinski definition) is 1. The second-order valence-corrected chi connectivity index (χ2v) is 4.35. The summed E-state index contributed by atoms with van der Waals surface area (Å²) >= 11 is 5.70. The SMILES string of the molecule is Cc1c(Cl)cccc1S(N)(=O)=O.[Na]. The molecule has 0 spiro atoms. The van der Waals surface area contributed by atoms with E-state index >= 15 is 0 Å². The molecule has 1 aromatic rings. The monoisotopic (exact) mass is 228 g/mol. The number of primary sulfonamides is 1. The molecule has 0 fully saturated rings. The van der Waals surface area contributed by atoms with Gasteiger partial charge in [0, 0.05) is 34.6 Å². The van der Waals surface area contributed by atoms with Gasteiger partial charge < -0.3 is 0 Å². The molecule has 1 aromatic carbocycles. The van der Waals surface area contributed by atoms with Gasteiger partial charge in [-0.2, -0.15) is 0 Å². The zero-order valence-electron chi connectivity index (χ0n) is 7.41. The average Bonchev–Trinajstić information content (AvgIpc) is 1.92. The van der Waals surface area contributed by atoms with E-state index in [2.05, 4.69) is 0 Å². The van der Waals surface area contributed by atoms with Gasteiger partial charge in [-0.15, -0.1) is 0 Å². The minimum absolute atomic E-state index is 0. The van der Waals surface area contributed by atoms with Crippen LogP contribution >= 0.6 is 11.6 Å². The van der Waals surface area contributed by atoms with Crippen LogP contribution in [-0.4, -0.2) is 38.0 Å². The van der Waals surface area contributed by atoms with E-state index in [1.165, 1.54) is 6.07 Å². The van der Waals surface area contributed by atoms with Gasteiger partial charge in [0.1, 0.15) is 0 Å². The summed E-state index contributed by atoms with van der Waals surface area (Å²) in [5.41, 5.74) is 0.488. The van der Waals surface area contributed by atoms with Crippen LogP contribution in [0.2, 0.25) is 5.02 Å². The van der Waals surface area contributed by atoms with Crippen molar-refractivity contribution in [3.8, 4) is 0 Å². The minimum atomic E-state index is -3.64. The van der Waals surface area contributed by atoms with Crippen molar-refractivity contribution in [1.82, 2.24) is 0 Å². The Bertz CT molecular complexity index is 405. The second-order valence-electron chi connectivity index (χ2n) is 2.41. The summed E-state index contributed by atoms with van der Waals surface area (Å²) in [4.78, 5) is 0.0787. The Balaban J connectivity index is 0.00000144. The van der Waals surface area contributed by atoms with Crippen molar-refractivity contribution in [2.24, 2.45) is 5.14 Å². The fourth-order valence-electron chi connectivity index (χ4n) is 0.896. The fraction of sp³-hybridized carbons (Fsp3) is 0.143. The molecule has 0 aliphatic heterocycles. The molecule has 0 aliphatic carbocycles. The maximum Gasteiger partial charge on any atom is 0.238 e. The van der Waals surface area contributed by atoms with Crippen molar-refractivity contribution in [1.29, 1.82) is 0 Å². The molecular formula is C7H8ClNNaO2S. The van der Waals surface area contributed by atoms with Gasteiger partial charge in [0.25, 0.3) is 0 Å². The second kappa shape index (κ2) is 4.77. The Hall–Kier alpha value is 0.420. The van der Waals surface area contributed by atoms with Crippen LogP contribution in [0.3, 0.4) is 0 Å². The normalized spacial score (nSPS) is 10.7. The van der Waals surface area contributed by atoms with Gasteiger partial charge in [-0.1, -0.05) is 17.7 Å². The van der Waals surface area contributed by atoms with Crippen molar-refractivity contribution >= 4 is 51.2 Å². The fourth-order valence-corrected chi connectivity index (χ4v) is 1.93. The van der Waals surface area contributed by atoms with E-state index in [0.29, 0.717) is 10.6 Å². The van der Waals surface area contributed by atoms with Crippen LogP contribution in [0.4, 0.5) is 0 Å². The number of hydrogen-bond acceptors (Lipinski definition) is 2. The molecule has 0 unspecified atom stereocenters. The predicted octanol–water partition coefficient (Wildman–Crippen LogP) is 0.915. The maximum atomic E-state index is 10.9. The molecule has 0 saturated heterocycles. The van der Waals surface area contributed by atoms with Gasteiger partial charge in [0.2, 0.25) is 10.0 Å². The quantitative estimate of drug-likeness (QED) is 0.727. The van der Waals surface area contributed by atoms with Gasteiger partial charge in [-0.05, 0) is 24.6 Å². The van der Waals surface area contributed by atoms with Gasteiger partial charge in [0.15, 0.2) is 0 Å². The van der Waals surface area contributed by atoms with Crippen LogP contribution in [0, 0.1) is 6.92 Å². The molecule has 0 saturated carbocycles. The third-order valence-electron chi connectivity index (χ3n) is 1.52. The summed E-state index contributed by atoms with van der Waals surface area (Å²) < 4.78 is 21.9. The Labute approximate surface area is 105 Å². The number of halogens is 1. The van der Waals surface area contributed by atoms with Crippen molar-refractivity contribution in [3.63, 3.8) is 0 Å². The predicted molar refractivity (Wildman–Crippen MR) is 53.3 cm³/mol. The van der Waals surface area contributed by atoms with E-state index < -0.39 is 10.0 Å². The van der Waals surface area contributed by atoms with Crippen LogP contribution < -0.4 is 5.14 Å². The summed E-state index contributed by atoms with van der Waals surface area (Å²) in [5, 5.41) is 5.34. The summed E-state index contributed by atoms with van der Waals surface area (Å²) in [6, 6.07) is 4.59. The molecule has 0 aliphatic rings. The van der Waals surface area contributed by atoms with Crippen LogP contribution in [0.5, 0.6) is 0 Å². The number of nitrogens with two attached hydrogens (primary N) is 1. The molecule has 13 heavy (non-hydrogen) atoms. The molecule has 1 radical (unpaired) electrons. The topological polar surface area (TPSA) is 60.2 Å².